The molecule has 0 spiro atoms. The van der Waals surface area contributed by atoms with Gasteiger partial charge in [-0.2, -0.15) is 8.78 Å². The topological polar surface area (TPSA) is 24.1 Å². The minimum absolute atomic E-state index is 0.197. The van der Waals surface area contributed by atoms with Crippen molar-refractivity contribution < 1.29 is 17.6 Å². The summed E-state index contributed by atoms with van der Waals surface area (Å²) in [6.07, 6.45) is -2.97. The van der Waals surface area contributed by atoms with Crippen LogP contribution in [0.3, 0.4) is 0 Å². The van der Waals surface area contributed by atoms with Gasteiger partial charge in [0, 0.05) is 6.04 Å². The second-order valence-corrected chi connectivity index (χ2v) is 3.49. The normalized spacial score (nSPS) is 14.6. The number of halogens is 4. The monoisotopic (exact) mass is 230 g/mol. The molecule has 0 heterocycles. The Morgan fingerprint density at radius 2 is 1.87 bits per heavy atom. The number of hydrogen-bond acceptors (Lipinski definition) is 2. The lowest BCUT2D eigenvalue weighted by Gasteiger charge is -2.17. The van der Waals surface area contributed by atoms with Crippen molar-refractivity contribution in [1.29, 1.82) is 0 Å². The fourth-order valence-corrected chi connectivity index (χ4v) is 1.10. The predicted octanol–water partition coefficient (Wildman–Crippen LogP) is 1.86. The van der Waals surface area contributed by atoms with E-state index >= 15 is 0 Å². The van der Waals surface area contributed by atoms with Crippen LogP contribution in [0.1, 0.15) is 20.3 Å². The second kappa shape index (κ2) is 7.00. The molecule has 0 aliphatic rings. The molecule has 0 aromatic carbocycles. The van der Waals surface area contributed by atoms with Crippen molar-refractivity contribution in [3.63, 3.8) is 0 Å². The van der Waals surface area contributed by atoms with Crippen molar-refractivity contribution in [1.82, 2.24) is 10.6 Å². The van der Waals surface area contributed by atoms with E-state index in [0.717, 1.165) is 6.54 Å². The van der Waals surface area contributed by atoms with Crippen molar-refractivity contribution in [3.8, 4) is 0 Å². The Balaban J connectivity index is 3.54. The molecule has 0 fully saturated rings. The predicted molar refractivity (Wildman–Crippen MR) is 51.6 cm³/mol. The summed E-state index contributed by atoms with van der Waals surface area (Å²) in [4.78, 5) is 0. The molecule has 6 heteroatoms. The zero-order valence-electron chi connectivity index (χ0n) is 8.99. The quantitative estimate of drug-likeness (QED) is 0.491. The molecule has 1 unspecified atom stereocenters. The molecule has 0 bridgehead atoms. The molecule has 0 aliphatic carbocycles. The van der Waals surface area contributed by atoms with Crippen molar-refractivity contribution in [2.75, 3.05) is 19.6 Å². The van der Waals surface area contributed by atoms with Crippen molar-refractivity contribution in [2.45, 2.75) is 38.7 Å². The van der Waals surface area contributed by atoms with Crippen LogP contribution in [0.5, 0.6) is 0 Å². The smallest absolute Gasteiger partial charge is 0.314 e. The van der Waals surface area contributed by atoms with Gasteiger partial charge in [0.25, 0.3) is 0 Å². The summed E-state index contributed by atoms with van der Waals surface area (Å²) in [6.45, 7) is 3.99. The average Bonchev–Trinajstić information content (AvgIpc) is 2.13. The van der Waals surface area contributed by atoms with Crippen molar-refractivity contribution in [2.24, 2.45) is 0 Å². The SMILES string of the molecule is CCNC(C)CCNCC(F)(F)C(F)F. The first-order valence-corrected chi connectivity index (χ1v) is 5.00. The molecular formula is C9H18F4N2. The third kappa shape index (κ3) is 6.67. The van der Waals surface area contributed by atoms with Crippen LogP contribution >= 0.6 is 0 Å². The largest absolute Gasteiger partial charge is 0.319 e. The standard InChI is InChI=1S/C9H18F4N2/c1-3-15-7(2)4-5-14-6-9(12,13)8(10)11/h7-8,14-15H,3-6H2,1-2H3. The molecule has 0 aromatic heterocycles. The van der Waals surface area contributed by atoms with Crippen LogP contribution in [-0.4, -0.2) is 38.0 Å². The summed E-state index contributed by atoms with van der Waals surface area (Å²) in [6, 6.07) is 0.197. The lowest BCUT2D eigenvalue weighted by atomic mass is 10.2. The number of nitrogens with one attached hydrogen (secondary N) is 2. The third-order valence-corrected chi connectivity index (χ3v) is 1.99. The van der Waals surface area contributed by atoms with Crippen molar-refractivity contribution >= 4 is 0 Å². The van der Waals surface area contributed by atoms with Gasteiger partial charge < -0.3 is 10.6 Å². The molecule has 0 rings (SSSR count). The van der Waals surface area contributed by atoms with E-state index in [9.17, 15) is 17.6 Å². The number of hydrogen-bond donors (Lipinski definition) is 2. The third-order valence-electron chi connectivity index (χ3n) is 1.99. The Morgan fingerprint density at radius 3 is 2.33 bits per heavy atom. The molecule has 15 heavy (non-hydrogen) atoms. The van der Waals surface area contributed by atoms with Gasteiger partial charge in [-0.3, -0.25) is 0 Å². The molecule has 0 saturated heterocycles. The van der Waals surface area contributed by atoms with Gasteiger partial charge in [-0.05, 0) is 26.4 Å². The highest BCUT2D eigenvalue weighted by atomic mass is 19.3. The molecular weight excluding hydrogens is 212 g/mol. The van der Waals surface area contributed by atoms with Crippen LogP contribution in [0, 0.1) is 0 Å². The Kier molecular flexibility index (Phi) is 6.84. The highest BCUT2D eigenvalue weighted by Crippen LogP contribution is 2.21. The van der Waals surface area contributed by atoms with E-state index in [0.29, 0.717) is 13.0 Å². The van der Waals surface area contributed by atoms with Gasteiger partial charge in [-0.1, -0.05) is 6.92 Å². The first kappa shape index (κ1) is 14.6. The summed E-state index contributed by atoms with van der Waals surface area (Å²) in [5.41, 5.74) is 0. The van der Waals surface area contributed by atoms with E-state index in [1.165, 1.54) is 0 Å². The maximum atomic E-state index is 12.4. The summed E-state index contributed by atoms with van der Waals surface area (Å²) < 4.78 is 48.2. The van der Waals surface area contributed by atoms with Gasteiger partial charge in [-0.15, -0.1) is 0 Å². The molecule has 92 valence electrons. The second-order valence-electron chi connectivity index (χ2n) is 3.49. The van der Waals surface area contributed by atoms with Crippen LogP contribution in [0.4, 0.5) is 17.6 Å². The maximum Gasteiger partial charge on any atom is 0.319 e. The minimum atomic E-state index is -3.93. The van der Waals surface area contributed by atoms with Gasteiger partial charge in [0.2, 0.25) is 0 Å². The molecule has 0 saturated carbocycles. The Labute approximate surface area is 87.4 Å². The highest BCUT2D eigenvalue weighted by molar-refractivity contribution is 4.72. The first-order chi connectivity index (χ1) is 6.90. The van der Waals surface area contributed by atoms with Gasteiger partial charge in [0.05, 0.1) is 6.54 Å². The van der Waals surface area contributed by atoms with E-state index in [1.807, 2.05) is 13.8 Å². The van der Waals surface area contributed by atoms with Crippen LogP contribution in [0.2, 0.25) is 0 Å². The molecule has 0 amide bonds. The fraction of sp³-hybridized carbons (Fsp3) is 1.00. The zero-order chi connectivity index (χ0) is 11.9. The molecule has 2 nitrogen and oxygen atoms in total. The van der Waals surface area contributed by atoms with E-state index in [-0.39, 0.29) is 6.04 Å². The van der Waals surface area contributed by atoms with Gasteiger partial charge in [0.1, 0.15) is 0 Å². The van der Waals surface area contributed by atoms with E-state index in [4.69, 9.17) is 0 Å². The molecule has 1 atom stereocenters. The number of rotatable bonds is 8. The lowest BCUT2D eigenvalue weighted by Crippen LogP contribution is -2.40. The van der Waals surface area contributed by atoms with E-state index < -0.39 is 18.9 Å². The van der Waals surface area contributed by atoms with Crippen LogP contribution in [0.15, 0.2) is 0 Å². The van der Waals surface area contributed by atoms with Crippen LogP contribution in [-0.2, 0) is 0 Å². The summed E-state index contributed by atoms with van der Waals surface area (Å²) in [5, 5.41) is 5.42. The van der Waals surface area contributed by atoms with Gasteiger partial charge in [0.15, 0.2) is 0 Å². The average molecular weight is 230 g/mol. The van der Waals surface area contributed by atoms with Crippen LogP contribution in [0.25, 0.3) is 0 Å². The molecule has 0 radical (unpaired) electrons. The first-order valence-electron chi connectivity index (χ1n) is 5.00. The molecule has 2 N–H and O–H groups in total. The summed E-state index contributed by atoms with van der Waals surface area (Å²) >= 11 is 0. The molecule has 0 aliphatic heterocycles. The Bertz CT molecular complexity index is 164. The summed E-state index contributed by atoms with van der Waals surface area (Å²) in [7, 11) is 0. The minimum Gasteiger partial charge on any atom is -0.314 e. The zero-order valence-corrected chi connectivity index (χ0v) is 8.99. The molecule has 0 aromatic rings. The van der Waals surface area contributed by atoms with Gasteiger partial charge >= 0.3 is 12.3 Å². The van der Waals surface area contributed by atoms with Gasteiger partial charge in [-0.25, -0.2) is 8.78 Å². The van der Waals surface area contributed by atoms with E-state index in [2.05, 4.69) is 10.6 Å². The maximum absolute atomic E-state index is 12.4. The summed E-state index contributed by atoms with van der Waals surface area (Å²) in [5.74, 6) is -3.93. The highest BCUT2D eigenvalue weighted by Gasteiger charge is 2.39. The Hall–Kier alpha value is -0.360. The van der Waals surface area contributed by atoms with Crippen LogP contribution < -0.4 is 10.6 Å². The van der Waals surface area contributed by atoms with Crippen molar-refractivity contribution in [3.05, 3.63) is 0 Å². The fourth-order valence-electron chi connectivity index (χ4n) is 1.10. The lowest BCUT2D eigenvalue weighted by molar-refractivity contribution is -0.125. The van der Waals surface area contributed by atoms with E-state index in [1.54, 1.807) is 0 Å². The Morgan fingerprint density at radius 1 is 1.27 bits per heavy atom. The number of alkyl halides is 4.